The van der Waals surface area contributed by atoms with Crippen molar-refractivity contribution in [2.24, 2.45) is 17.3 Å². The molecule has 0 heterocycles. The normalized spacial score (nSPS) is 36.9. The van der Waals surface area contributed by atoms with Gasteiger partial charge in [0.2, 0.25) is 0 Å². The Balaban J connectivity index is 2.22. The van der Waals surface area contributed by atoms with Crippen molar-refractivity contribution in [1.29, 1.82) is 0 Å². The maximum Gasteiger partial charge on any atom is 0.143 e. The fourth-order valence-electron chi connectivity index (χ4n) is 3.38. The Hall–Kier alpha value is -0.590. The second-order valence-electron chi connectivity index (χ2n) is 5.71. The predicted molar refractivity (Wildman–Crippen MR) is 62.6 cm³/mol. The standard InChI is InChI=1S/C14H22O/c1-10(2)12-7-6-11(3)14(9-12)8-4-5-13(14)15/h10,12H,3-9H2,1-2H3/t12-,14+/m1/s1. The molecule has 1 nitrogen and oxygen atoms in total. The molecule has 0 saturated heterocycles. The molecule has 0 bridgehead atoms. The highest BCUT2D eigenvalue weighted by molar-refractivity contribution is 5.89. The molecule has 0 aromatic carbocycles. The maximum atomic E-state index is 12.1. The molecule has 2 fully saturated rings. The molecular formula is C14H22O. The van der Waals surface area contributed by atoms with Crippen LogP contribution in [0.3, 0.4) is 0 Å². The number of rotatable bonds is 1. The summed E-state index contributed by atoms with van der Waals surface area (Å²) >= 11 is 0. The van der Waals surface area contributed by atoms with Crippen molar-refractivity contribution in [3.8, 4) is 0 Å². The van der Waals surface area contributed by atoms with Gasteiger partial charge in [0, 0.05) is 11.8 Å². The third-order valence-corrected chi connectivity index (χ3v) is 4.59. The van der Waals surface area contributed by atoms with Crippen molar-refractivity contribution in [3.05, 3.63) is 12.2 Å². The number of hydrogen-bond acceptors (Lipinski definition) is 1. The van der Waals surface area contributed by atoms with Crippen LogP contribution in [0.2, 0.25) is 0 Å². The van der Waals surface area contributed by atoms with Crippen LogP contribution in [0.4, 0.5) is 0 Å². The zero-order chi connectivity index (χ0) is 11.1. The molecule has 0 unspecified atom stereocenters. The van der Waals surface area contributed by atoms with Crippen molar-refractivity contribution in [1.82, 2.24) is 0 Å². The van der Waals surface area contributed by atoms with E-state index in [1.54, 1.807) is 0 Å². The van der Waals surface area contributed by atoms with Crippen LogP contribution in [-0.2, 0) is 4.79 Å². The fourth-order valence-corrected chi connectivity index (χ4v) is 3.38. The molecule has 1 spiro atoms. The summed E-state index contributed by atoms with van der Waals surface area (Å²) in [4.78, 5) is 12.1. The van der Waals surface area contributed by atoms with Crippen LogP contribution >= 0.6 is 0 Å². The molecular weight excluding hydrogens is 184 g/mol. The average Bonchev–Trinajstić information content (AvgIpc) is 2.54. The van der Waals surface area contributed by atoms with E-state index in [0.717, 1.165) is 38.0 Å². The van der Waals surface area contributed by atoms with Crippen LogP contribution in [-0.4, -0.2) is 5.78 Å². The summed E-state index contributed by atoms with van der Waals surface area (Å²) in [5.74, 6) is 1.93. The van der Waals surface area contributed by atoms with E-state index in [1.807, 2.05) is 0 Å². The predicted octanol–water partition coefficient (Wildman–Crippen LogP) is 3.74. The van der Waals surface area contributed by atoms with Crippen molar-refractivity contribution in [2.45, 2.75) is 52.4 Å². The maximum absolute atomic E-state index is 12.1. The smallest absolute Gasteiger partial charge is 0.143 e. The van der Waals surface area contributed by atoms with Gasteiger partial charge in [-0.25, -0.2) is 0 Å². The van der Waals surface area contributed by atoms with Crippen molar-refractivity contribution >= 4 is 5.78 Å². The lowest BCUT2D eigenvalue weighted by atomic mass is 9.63. The van der Waals surface area contributed by atoms with Crippen LogP contribution in [0.1, 0.15) is 52.4 Å². The van der Waals surface area contributed by atoms with Crippen LogP contribution in [0, 0.1) is 17.3 Å². The summed E-state index contributed by atoms with van der Waals surface area (Å²) in [5.41, 5.74) is 1.15. The molecule has 2 aliphatic carbocycles. The molecule has 2 aliphatic rings. The van der Waals surface area contributed by atoms with Crippen molar-refractivity contribution in [2.75, 3.05) is 0 Å². The lowest BCUT2D eigenvalue weighted by Gasteiger charge is -2.40. The molecule has 0 aliphatic heterocycles. The quantitative estimate of drug-likeness (QED) is 0.597. The minimum Gasteiger partial charge on any atom is -0.299 e. The number of Topliss-reactive ketones (excluding diaryl/α,β-unsaturated/α-hetero) is 1. The zero-order valence-electron chi connectivity index (χ0n) is 10.0. The Morgan fingerprint density at radius 2 is 2.13 bits per heavy atom. The monoisotopic (exact) mass is 206 g/mol. The largest absolute Gasteiger partial charge is 0.299 e. The minimum atomic E-state index is -0.0901. The molecule has 0 radical (unpaired) electrons. The SMILES string of the molecule is C=C1CC[C@@H](C(C)C)C[C@@]12CCCC2=O. The Bertz CT molecular complexity index is 290. The van der Waals surface area contributed by atoms with E-state index in [4.69, 9.17) is 0 Å². The molecule has 0 aromatic heterocycles. The van der Waals surface area contributed by atoms with Crippen LogP contribution in [0.5, 0.6) is 0 Å². The first-order chi connectivity index (χ1) is 7.06. The van der Waals surface area contributed by atoms with Gasteiger partial charge < -0.3 is 0 Å². The Morgan fingerprint density at radius 3 is 2.67 bits per heavy atom. The highest BCUT2D eigenvalue weighted by Crippen LogP contribution is 2.52. The van der Waals surface area contributed by atoms with Gasteiger partial charge in [0.05, 0.1) is 0 Å². The highest BCUT2D eigenvalue weighted by Gasteiger charge is 2.47. The third-order valence-electron chi connectivity index (χ3n) is 4.59. The van der Waals surface area contributed by atoms with Gasteiger partial charge in [-0.2, -0.15) is 0 Å². The minimum absolute atomic E-state index is 0.0901. The van der Waals surface area contributed by atoms with E-state index >= 15 is 0 Å². The first-order valence-electron chi connectivity index (χ1n) is 6.28. The van der Waals surface area contributed by atoms with Gasteiger partial charge in [0.25, 0.3) is 0 Å². The van der Waals surface area contributed by atoms with Gasteiger partial charge in [-0.15, -0.1) is 0 Å². The highest BCUT2D eigenvalue weighted by atomic mass is 16.1. The van der Waals surface area contributed by atoms with Crippen LogP contribution < -0.4 is 0 Å². The lowest BCUT2D eigenvalue weighted by molar-refractivity contribution is -0.125. The van der Waals surface area contributed by atoms with E-state index in [9.17, 15) is 4.79 Å². The zero-order valence-corrected chi connectivity index (χ0v) is 10.0. The van der Waals surface area contributed by atoms with E-state index in [1.165, 1.54) is 12.0 Å². The summed E-state index contributed by atoms with van der Waals surface area (Å²) < 4.78 is 0. The van der Waals surface area contributed by atoms with E-state index in [2.05, 4.69) is 20.4 Å². The average molecular weight is 206 g/mol. The van der Waals surface area contributed by atoms with E-state index in [0.29, 0.717) is 11.7 Å². The molecule has 1 heteroatoms. The van der Waals surface area contributed by atoms with Crippen molar-refractivity contribution < 1.29 is 4.79 Å². The molecule has 0 N–H and O–H groups in total. The fraction of sp³-hybridized carbons (Fsp3) is 0.786. The topological polar surface area (TPSA) is 17.1 Å². The third kappa shape index (κ3) is 1.66. The summed E-state index contributed by atoms with van der Waals surface area (Å²) in [7, 11) is 0. The first kappa shape index (κ1) is 10.9. The molecule has 2 rings (SSSR count). The van der Waals surface area contributed by atoms with Gasteiger partial charge in [0.1, 0.15) is 5.78 Å². The number of carbonyl (C=O) groups excluding carboxylic acids is 1. The van der Waals surface area contributed by atoms with Gasteiger partial charge in [-0.05, 0) is 43.9 Å². The molecule has 0 amide bonds. The number of carbonyl (C=O) groups is 1. The van der Waals surface area contributed by atoms with E-state index in [-0.39, 0.29) is 5.41 Å². The summed E-state index contributed by atoms with van der Waals surface area (Å²) in [6.45, 7) is 8.74. The van der Waals surface area contributed by atoms with Crippen molar-refractivity contribution in [3.63, 3.8) is 0 Å². The molecule has 0 aromatic rings. The summed E-state index contributed by atoms with van der Waals surface area (Å²) in [6, 6.07) is 0. The summed E-state index contributed by atoms with van der Waals surface area (Å²) in [6.07, 6.45) is 6.36. The second-order valence-corrected chi connectivity index (χ2v) is 5.71. The number of allylic oxidation sites excluding steroid dienone is 1. The van der Waals surface area contributed by atoms with Crippen LogP contribution in [0.15, 0.2) is 12.2 Å². The molecule has 15 heavy (non-hydrogen) atoms. The Kier molecular flexibility index (Phi) is 2.74. The number of ketones is 1. The van der Waals surface area contributed by atoms with E-state index < -0.39 is 0 Å². The number of hydrogen-bond donors (Lipinski definition) is 0. The van der Waals surface area contributed by atoms with Gasteiger partial charge in [-0.1, -0.05) is 26.0 Å². The summed E-state index contributed by atoms with van der Waals surface area (Å²) in [5, 5.41) is 0. The molecule has 2 atom stereocenters. The van der Waals surface area contributed by atoms with Gasteiger partial charge in [-0.3, -0.25) is 4.79 Å². The van der Waals surface area contributed by atoms with Gasteiger partial charge >= 0.3 is 0 Å². The second kappa shape index (κ2) is 3.77. The Labute approximate surface area is 92.9 Å². The van der Waals surface area contributed by atoms with Gasteiger partial charge in [0.15, 0.2) is 0 Å². The lowest BCUT2D eigenvalue weighted by Crippen LogP contribution is -2.35. The van der Waals surface area contributed by atoms with Crippen LogP contribution in [0.25, 0.3) is 0 Å². The molecule has 84 valence electrons. The molecule has 2 saturated carbocycles. The first-order valence-corrected chi connectivity index (χ1v) is 6.28. The Morgan fingerprint density at radius 1 is 1.40 bits per heavy atom.